The number of carbonyl (C=O) groups excluding carboxylic acids is 1. The summed E-state index contributed by atoms with van der Waals surface area (Å²) in [4.78, 5) is 20.3. The van der Waals surface area contributed by atoms with Crippen LogP contribution in [-0.4, -0.2) is 34.5 Å². The van der Waals surface area contributed by atoms with E-state index in [-0.39, 0.29) is 11.9 Å². The molecular formula is C24H23ClN2O2S. The molecule has 0 spiro atoms. The first-order valence-electron chi connectivity index (χ1n) is 10.3. The maximum absolute atomic E-state index is 13.8. The van der Waals surface area contributed by atoms with Crippen LogP contribution in [0.3, 0.4) is 0 Å². The Hall–Kier alpha value is -2.37. The first-order chi connectivity index (χ1) is 14.6. The zero-order valence-corrected chi connectivity index (χ0v) is 18.3. The van der Waals surface area contributed by atoms with E-state index in [0.29, 0.717) is 23.6 Å². The highest BCUT2D eigenvalue weighted by atomic mass is 35.5. The lowest BCUT2D eigenvalue weighted by atomic mass is 9.70. The van der Waals surface area contributed by atoms with Gasteiger partial charge in [-0.05, 0) is 62.4 Å². The average Bonchev–Trinajstić information content (AvgIpc) is 3.26. The van der Waals surface area contributed by atoms with E-state index in [9.17, 15) is 4.79 Å². The normalized spacial score (nSPS) is 22.5. The average molecular weight is 439 g/mol. The highest BCUT2D eigenvalue weighted by Gasteiger charge is 2.47. The van der Waals surface area contributed by atoms with Crippen LogP contribution in [0.5, 0.6) is 5.75 Å². The Bertz CT molecular complexity index is 1050. The number of rotatable bonds is 5. The van der Waals surface area contributed by atoms with Crippen LogP contribution in [0, 0.1) is 12.8 Å². The number of thiazole rings is 1. The predicted molar refractivity (Wildman–Crippen MR) is 120 cm³/mol. The SMILES string of the molecule is Cc1ccc(-c2nccs2)c(C(=O)N2C(COc3ccc(Cl)cc3)CC3CC2C3)c1. The summed E-state index contributed by atoms with van der Waals surface area (Å²) in [6.45, 7) is 2.53. The number of hydrogen-bond donors (Lipinski definition) is 0. The lowest BCUT2D eigenvalue weighted by molar-refractivity contribution is -0.0305. The molecule has 2 aliphatic heterocycles. The molecule has 1 atom stereocenters. The summed E-state index contributed by atoms with van der Waals surface area (Å²) in [6.07, 6.45) is 4.98. The van der Waals surface area contributed by atoms with Crippen LogP contribution in [0.1, 0.15) is 35.2 Å². The van der Waals surface area contributed by atoms with Gasteiger partial charge in [-0.15, -0.1) is 11.3 Å². The molecule has 2 aromatic carbocycles. The largest absolute Gasteiger partial charge is 0.491 e. The Kier molecular flexibility index (Phi) is 5.25. The highest BCUT2D eigenvalue weighted by Crippen LogP contribution is 2.44. The fourth-order valence-electron chi connectivity index (χ4n) is 4.64. The Morgan fingerprint density at radius 2 is 2.00 bits per heavy atom. The number of aryl methyl sites for hydroxylation is 1. The minimum atomic E-state index is 0.0790. The van der Waals surface area contributed by atoms with Gasteiger partial charge >= 0.3 is 0 Å². The van der Waals surface area contributed by atoms with Gasteiger partial charge in [0.1, 0.15) is 17.4 Å². The van der Waals surface area contributed by atoms with Crippen molar-refractivity contribution in [1.82, 2.24) is 9.88 Å². The molecule has 154 valence electrons. The Labute approximate surface area is 185 Å². The molecule has 1 unspecified atom stereocenters. The van der Waals surface area contributed by atoms with Crippen LogP contribution in [-0.2, 0) is 0 Å². The van der Waals surface area contributed by atoms with Gasteiger partial charge in [-0.25, -0.2) is 4.98 Å². The third-order valence-electron chi connectivity index (χ3n) is 6.16. The second kappa shape index (κ2) is 8.05. The van der Waals surface area contributed by atoms with Crippen LogP contribution in [0.2, 0.25) is 5.02 Å². The first-order valence-corrected chi connectivity index (χ1v) is 11.6. The molecule has 6 rings (SSSR count). The maximum atomic E-state index is 13.8. The summed E-state index contributed by atoms with van der Waals surface area (Å²) >= 11 is 7.54. The number of amides is 1. The fraction of sp³-hybridized carbons (Fsp3) is 0.333. The van der Waals surface area contributed by atoms with Crippen molar-refractivity contribution in [1.29, 1.82) is 0 Å². The molecule has 3 fully saturated rings. The summed E-state index contributed by atoms with van der Waals surface area (Å²) in [5.74, 6) is 1.58. The van der Waals surface area contributed by atoms with Gasteiger partial charge in [-0.3, -0.25) is 4.79 Å². The Balaban J connectivity index is 1.42. The summed E-state index contributed by atoms with van der Waals surface area (Å²) in [5.41, 5.74) is 2.74. The van der Waals surface area contributed by atoms with Crippen molar-refractivity contribution in [3.8, 4) is 16.3 Å². The van der Waals surface area contributed by atoms with Crippen LogP contribution in [0.4, 0.5) is 0 Å². The fourth-order valence-corrected chi connectivity index (χ4v) is 5.44. The second-order valence-electron chi connectivity index (χ2n) is 8.24. The summed E-state index contributed by atoms with van der Waals surface area (Å²) in [5, 5.41) is 3.52. The molecule has 4 nitrogen and oxygen atoms in total. The third-order valence-corrected chi connectivity index (χ3v) is 7.22. The molecule has 2 saturated heterocycles. The predicted octanol–water partition coefficient (Wildman–Crippen LogP) is 5.84. The molecule has 3 aromatic rings. The number of piperidine rings is 2. The number of nitrogens with zero attached hydrogens (tertiary/aromatic N) is 2. The molecule has 1 saturated carbocycles. The first kappa shape index (κ1) is 19.6. The van der Waals surface area contributed by atoms with Crippen molar-refractivity contribution < 1.29 is 9.53 Å². The monoisotopic (exact) mass is 438 g/mol. The number of fused-ring (bicyclic) bond motifs is 2. The Morgan fingerprint density at radius 3 is 2.73 bits per heavy atom. The molecule has 1 amide bonds. The second-order valence-corrected chi connectivity index (χ2v) is 9.58. The maximum Gasteiger partial charge on any atom is 0.255 e. The van der Waals surface area contributed by atoms with E-state index in [1.165, 1.54) is 0 Å². The summed E-state index contributed by atoms with van der Waals surface area (Å²) in [6, 6.07) is 13.9. The van der Waals surface area contributed by atoms with E-state index in [1.807, 2.05) is 54.8 Å². The molecule has 0 radical (unpaired) electrons. The van der Waals surface area contributed by atoms with Crippen LogP contribution < -0.4 is 4.74 Å². The number of halogens is 1. The molecule has 0 N–H and O–H groups in total. The van der Waals surface area contributed by atoms with Crippen molar-refractivity contribution in [2.75, 3.05) is 6.61 Å². The van der Waals surface area contributed by atoms with Crippen LogP contribution >= 0.6 is 22.9 Å². The van der Waals surface area contributed by atoms with Crippen LogP contribution in [0.25, 0.3) is 10.6 Å². The molecule has 30 heavy (non-hydrogen) atoms. The van der Waals surface area contributed by atoms with E-state index < -0.39 is 0 Å². The van der Waals surface area contributed by atoms with Gasteiger partial charge in [0.05, 0.1) is 11.6 Å². The number of hydrogen-bond acceptors (Lipinski definition) is 4. The van der Waals surface area contributed by atoms with Crippen LogP contribution in [0.15, 0.2) is 54.0 Å². The summed E-state index contributed by atoms with van der Waals surface area (Å²) < 4.78 is 6.05. The zero-order chi connectivity index (χ0) is 20.7. The van der Waals surface area contributed by atoms with E-state index in [1.54, 1.807) is 17.5 Å². The van der Waals surface area contributed by atoms with Gasteiger partial charge in [-0.2, -0.15) is 0 Å². The standard InChI is InChI=1S/C24H23ClN2O2S/c1-15-2-7-21(23-26-8-9-30-23)22(10-15)24(28)27-18-11-16(12-18)13-19(27)14-29-20-5-3-17(25)4-6-20/h2-10,16,18-19H,11-14H2,1H3. The number of carbonyl (C=O) groups is 1. The number of ether oxygens (including phenoxy) is 1. The topological polar surface area (TPSA) is 42.4 Å². The smallest absolute Gasteiger partial charge is 0.255 e. The van der Waals surface area contributed by atoms with Gasteiger partial charge in [0.15, 0.2) is 0 Å². The van der Waals surface area contributed by atoms with Crippen molar-refractivity contribution >= 4 is 28.8 Å². The minimum Gasteiger partial charge on any atom is -0.491 e. The van der Waals surface area contributed by atoms with Gasteiger partial charge in [-0.1, -0.05) is 29.3 Å². The highest BCUT2D eigenvalue weighted by molar-refractivity contribution is 7.13. The molecule has 3 heterocycles. The molecular weight excluding hydrogens is 416 g/mol. The number of aromatic nitrogens is 1. The van der Waals surface area contributed by atoms with Crippen molar-refractivity contribution in [3.05, 3.63) is 70.2 Å². The van der Waals surface area contributed by atoms with Gasteiger partial charge in [0.25, 0.3) is 5.91 Å². The lowest BCUT2D eigenvalue weighted by Gasteiger charge is -2.53. The van der Waals surface area contributed by atoms with Gasteiger partial charge in [0, 0.05) is 28.2 Å². The van der Waals surface area contributed by atoms with E-state index >= 15 is 0 Å². The van der Waals surface area contributed by atoms with Gasteiger partial charge < -0.3 is 9.64 Å². The third kappa shape index (κ3) is 3.72. The minimum absolute atomic E-state index is 0.0790. The van der Waals surface area contributed by atoms with Crippen molar-refractivity contribution in [2.45, 2.75) is 38.3 Å². The number of benzene rings is 2. The van der Waals surface area contributed by atoms with E-state index in [4.69, 9.17) is 16.3 Å². The molecule has 3 aliphatic rings. The molecule has 1 aromatic heterocycles. The summed E-state index contributed by atoms with van der Waals surface area (Å²) in [7, 11) is 0. The molecule has 6 heteroatoms. The quantitative estimate of drug-likeness (QED) is 0.502. The van der Waals surface area contributed by atoms with E-state index in [0.717, 1.165) is 46.7 Å². The zero-order valence-electron chi connectivity index (χ0n) is 16.8. The lowest BCUT2D eigenvalue weighted by Crippen LogP contribution is -2.60. The van der Waals surface area contributed by atoms with Crippen molar-refractivity contribution in [2.24, 2.45) is 5.92 Å². The van der Waals surface area contributed by atoms with Gasteiger partial charge in [0.2, 0.25) is 0 Å². The Morgan fingerprint density at radius 1 is 1.20 bits per heavy atom. The molecule has 2 bridgehead atoms. The van der Waals surface area contributed by atoms with Crippen molar-refractivity contribution in [3.63, 3.8) is 0 Å². The molecule has 1 aliphatic carbocycles. The van der Waals surface area contributed by atoms with E-state index in [2.05, 4.69) is 9.88 Å².